The summed E-state index contributed by atoms with van der Waals surface area (Å²) < 4.78 is 25.4. The average Bonchev–Trinajstić information content (AvgIpc) is 2.67. The Bertz CT molecular complexity index is 922. The third kappa shape index (κ3) is 5.15. The highest BCUT2D eigenvalue weighted by Crippen LogP contribution is 2.35. The normalized spacial score (nSPS) is 10.5. The van der Waals surface area contributed by atoms with Gasteiger partial charge in [0.15, 0.2) is 11.5 Å². The summed E-state index contributed by atoms with van der Waals surface area (Å²) in [5.74, 6) is 0.814. The molecule has 3 rings (SSSR count). The molecule has 0 amide bonds. The number of anilines is 1. The molecule has 0 saturated heterocycles. The fraction of sp³-hybridized carbons (Fsp3) is 0.143. The average molecular weight is 451 g/mol. The van der Waals surface area contributed by atoms with Crippen molar-refractivity contribution in [2.24, 2.45) is 0 Å². The molecule has 0 unspecified atom stereocenters. The van der Waals surface area contributed by atoms with Gasteiger partial charge in [0.25, 0.3) is 0 Å². The summed E-state index contributed by atoms with van der Waals surface area (Å²) in [4.78, 5) is 0. The van der Waals surface area contributed by atoms with E-state index in [0.717, 1.165) is 15.7 Å². The zero-order valence-corrected chi connectivity index (χ0v) is 17.0. The Kier molecular flexibility index (Phi) is 6.58. The van der Waals surface area contributed by atoms with E-state index in [9.17, 15) is 4.39 Å². The van der Waals surface area contributed by atoms with Crippen LogP contribution in [-0.4, -0.2) is 7.11 Å². The molecule has 0 spiro atoms. The lowest BCUT2D eigenvalue weighted by molar-refractivity contribution is 0.284. The van der Waals surface area contributed by atoms with Gasteiger partial charge in [-0.3, -0.25) is 0 Å². The van der Waals surface area contributed by atoms with Crippen LogP contribution in [0.1, 0.15) is 11.1 Å². The van der Waals surface area contributed by atoms with Crippen molar-refractivity contribution in [2.75, 3.05) is 12.4 Å². The van der Waals surface area contributed by atoms with Crippen LogP contribution in [0.3, 0.4) is 0 Å². The van der Waals surface area contributed by atoms with E-state index < -0.39 is 0 Å². The monoisotopic (exact) mass is 449 g/mol. The highest BCUT2D eigenvalue weighted by atomic mass is 79.9. The predicted octanol–water partition coefficient (Wildman–Crippen LogP) is 6.44. The standard InChI is InChI=1S/C21H18BrClFNO2/c1-26-20-9-15(12-25-17-5-3-2-4-6-17)18(22)11-21(20)27-13-14-7-8-16(24)10-19(14)23/h2-11,25H,12-13H2,1H3. The third-order valence-electron chi connectivity index (χ3n) is 3.99. The van der Waals surface area contributed by atoms with Gasteiger partial charge in [0.1, 0.15) is 12.4 Å². The second-order valence-electron chi connectivity index (χ2n) is 5.84. The molecule has 0 aliphatic carbocycles. The van der Waals surface area contributed by atoms with Crippen molar-refractivity contribution >= 4 is 33.2 Å². The van der Waals surface area contributed by atoms with Crippen LogP contribution in [0, 0.1) is 5.82 Å². The summed E-state index contributed by atoms with van der Waals surface area (Å²) in [5, 5.41) is 3.69. The molecule has 27 heavy (non-hydrogen) atoms. The molecule has 0 aromatic heterocycles. The Morgan fingerprint density at radius 3 is 2.48 bits per heavy atom. The fourth-order valence-corrected chi connectivity index (χ4v) is 3.22. The maximum atomic E-state index is 13.2. The van der Waals surface area contributed by atoms with Gasteiger partial charge in [0, 0.05) is 22.3 Å². The molecular formula is C21H18BrClFNO2. The Morgan fingerprint density at radius 2 is 1.78 bits per heavy atom. The van der Waals surface area contributed by atoms with Crippen molar-refractivity contribution in [2.45, 2.75) is 13.2 Å². The first-order chi connectivity index (χ1) is 13.1. The van der Waals surface area contributed by atoms with Gasteiger partial charge in [-0.05, 0) is 42.0 Å². The minimum absolute atomic E-state index is 0.212. The molecule has 1 N–H and O–H groups in total. The fourth-order valence-electron chi connectivity index (χ4n) is 2.53. The van der Waals surface area contributed by atoms with E-state index >= 15 is 0 Å². The van der Waals surface area contributed by atoms with Gasteiger partial charge >= 0.3 is 0 Å². The number of halogens is 3. The van der Waals surface area contributed by atoms with Crippen molar-refractivity contribution in [3.05, 3.63) is 87.1 Å². The van der Waals surface area contributed by atoms with Crippen LogP contribution >= 0.6 is 27.5 Å². The van der Waals surface area contributed by atoms with Gasteiger partial charge in [-0.25, -0.2) is 4.39 Å². The molecule has 3 aromatic carbocycles. The van der Waals surface area contributed by atoms with Crippen molar-refractivity contribution in [3.8, 4) is 11.5 Å². The van der Waals surface area contributed by atoms with E-state index in [1.54, 1.807) is 13.2 Å². The van der Waals surface area contributed by atoms with Gasteiger partial charge < -0.3 is 14.8 Å². The van der Waals surface area contributed by atoms with Gasteiger partial charge in [-0.15, -0.1) is 0 Å². The summed E-state index contributed by atoms with van der Waals surface area (Å²) in [7, 11) is 1.59. The van der Waals surface area contributed by atoms with E-state index in [0.29, 0.717) is 28.6 Å². The molecule has 3 aromatic rings. The molecule has 0 atom stereocenters. The second-order valence-corrected chi connectivity index (χ2v) is 7.10. The molecule has 6 heteroatoms. The van der Waals surface area contributed by atoms with Crippen LogP contribution in [0.5, 0.6) is 11.5 Å². The van der Waals surface area contributed by atoms with Crippen LogP contribution in [-0.2, 0) is 13.2 Å². The van der Waals surface area contributed by atoms with E-state index in [4.69, 9.17) is 21.1 Å². The van der Waals surface area contributed by atoms with E-state index in [1.165, 1.54) is 12.1 Å². The zero-order valence-electron chi connectivity index (χ0n) is 14.6. The summed E-state index contributed by atoms with van der Waals surface area (Å²) in [6.07, 6.45) is 0. The first kappa shape index (κ1) is 19.5. The quantitative estimate of drug-likeness (QED) is 0.449. The smallest absolute Gasteiger partial charge is 0.162 e. The number of para-hydroxylation sites is 1. The van der Waals surface area contributed by atoms with Gasteiger partial charge in [-0.2, -0.15) is 0 Å². The number of hydrogen-bond acceptors (Lipinski definition) is 3. The summed E-state index contributed by atoms with van der Waals surface area (Å²) in [6, 6.07) is 18.0. The van der Waals surface area contributed by atoms with Gasteiger partial charge in [-0.1, -0.05) is 51.8 Å². The molecule has 0 fully saturated rings. The molecule has 0 aliphatic rings. The Hall–Kier alpha value is -2.24. The maximum absolute atomic E-state index is 13.2. The highest BCUT2D eigenvalue weighted by Gasteiger charge is 2.12. The zero-order chi connectivity index (χ0) is 19.2. The second kappa shape index (κ2) is 9.11. The Morgan fingerprint density at radius 1 is 1.00 bits per heavy atom. The van der Waals surface area contributed by atoms with Crippen LogP contribution < -0.4 is 14.8 Å². The molecule has 0 aliphatic heterocycles. The summed E-state index contributed by atoms with van der Waals surface area (Å²) in [5.41, 5.74) is 2.77. The SMILES string of the molecule is COc1cc(CNc2ccccc2)c(Br)cc1OCc1ccc(F)cc1Cl. The third-order valence-corrected chi connectivity index (χ3v) is 5.08. The number of ether oxygens (including phenoxy) is 2. The van der Waals surface area contributed by atoms with E-state index in [-0.39, 0.29) is 12.4 Å². The van der Waals surface area contributed by atoms with Crippen LogP contribution in [0.25, 0.3) is 0 Å². The van der Waals surface area contributed by atoms with Crippen molar-refractivity contribution in [1.82, 2.24) is 0 Å². The number of benzene rings is 3. The number of rotatable bonds is 7. The number of hydrogen-bond donors (Lipinski definition) is 1. The van der Waals surface area contributed by atoms with Crippen molar-refractivity contribution < 1.29 is 13.9 Å². The minimum Gasteiger partial charge on any atom is -0.493 e. The van der Waals surface area contributed by atoms with Gasteiger partial charge in [0.05, 0.1) is 12.1 Å². The largest absolute Gasteiger partial charge is 0.493 e. The highest BCUT2D eigenvalue weighted by molar-refractivity contribution is 9.10. The molecule has 0 saturated carbocycles. The topological polar surface area (TPSA) is 30.5 Å². The molecule has 3 nitrogen and oxygen atoms in total. The molecule has 140 valence electrons. The molecule has 0 bridgehead atoms. The first-order valence-corrected chi connectivity index (χ1v) is 9.46. The van der Waals surface area contributed by atoms with Crippen molar-refractivity contribution in [3.63, 3.8) is 0 Å². The Labute approximate surface area is 171 Å². The maximum Gasteiger partial charge on any atom is 0.162 e. The van der Waals surface area contributed by atoms with E-state index in [1.807, 2.05) is 42.5 Å². The number of methoxy groups -OCH3 is 1. The minimum atomic E-state index is -0.376. The lowest BCUT2D eigenvalue weighted by Gasteiger charge is -2.15. The lowest BCUT2D eigenvalue weighted by Crippen LogP contribution is -2.03. The van der Waals surface area contributed by atoms with Crippen LogP contribution in [0.15, 0.2) is 65.1 Å². The predicted molar refractivity (Wildman–Crippen MR) is 110 cm³/mol. The van der Waals surface area contributed by atoms with Gasteiger partial charge in [0.2, 0.25) is 0 Å². The molecule has 0 radical (unpaired) electrons. The number of nitrogens with one attached hydrogen (secondary N) is 1. The van der Waals surface area contributed by atoms with Crippen molar-refractivity contribution in [1.29, 1.82) is 0 Å². The lowest BCUT2D eigenvalue weighted by atomic mass is 10.2. The Balaban J connectivity index is 1.73. The molecular weight excluding hydrogens is 433 g/mol. The molecule has 0 heterocycles. The first-order valence-electron chi connectivity index (χ1n) is 8.29. The van der Waals surface area contributed by atoms with E-state index in [2.05, 4.69) is 21.2 Å². The van der Waals surface area contributed by atoms with Crippen LogP contribution in [0.2, 0.25) is 5.02 Å². The summed E-state index contributed by atoms with van der Waals surface area (Å²) >= 11 is 9.64. The van der Waals surface area contributed by atoms with Crippen LogP contribution in [0.4, 0.5) is 10.1 Å². The summed E-state index contributed by atoms with van der Waals surface area (Å²) in [6.45, 7) is 0.842.